The molecule has 2 unspecified atom stereocenters. The minimum absolute atomic E-state index is 0.274. The molecule has 1 aliphatic rings. The molecule has 2 atom stereocenters. The second-order valence-electron chi connectivity index (χ2n) is 5.17. The van der Waals surface area contributed by atoms with E-state index >= 15 is 0 Å². The summed E-state index contributed by atoms with van der Waals surface area (Å²) in [6, 6.07) is 0. The van der Waals surface area contributed by atoms with Crippen molar-refractivity contribution in [3.05, 3.63) is 0 Å². The molecule has 0 bridgehead atoms. The number of carboxylic acid groups (broad SMARTS) is 1. The zero-order valence-electron chi connectivity index (χ0n) is 10.6. The molecule has 0 amide bonds. The fraction of sp³-hybridized carbons (Fsp3) is 0.923. The molecule has 3 nitrogen and oxygen atoms in total. The van der Waals surface area contributed by atoms with Gasteiger partial charge in [0.2, 0.25) is 0 Å². The van der Waals surface area contributed by atoms with Crippen molar-refractivity contribution in [2.75, 3.05) is 19.6 Å². The average molecular weight is 227 g/mol. The van der Waals surface area contributed by atoms with Crippen LogP contribution in [0.3, 0.4) is 0 Å². The number of nitrogens with zero attached hydrogens (tertiary/aromatic N) is 1. The minimum Gasteiger partial charge on any atom is -0.481 e. The lowest BCUT2D eigenvalue weighted by Gasteiger charge is -2.31. The smallest absolute Gasteiger partial charge is 0.304 e. The van der Waals surface area contributed by atoms with E-state index in [0.29, 0.717) is 6.54 Å². The van der Waals surface area contributed by atoms with Crippen LogP contribution in [0.2, 0.25) is 0 Å². The summed E-state index contributed by atoms with van der Waals surface area (Å²) in [6.45, 7) is 7.22. The predicted molar refractivity (Wildman–Crippen MR) is 65.5 cm³/mol. The Morgan fingerprint density at radius 2 is 2.19 bits per heavy atom. The predicted octanol–water partition coefficient (Wildman–Crippen LogP) is 2.61. The van der Waals surface area contributed by atoms with E-state index in [9.17, 15) is 4.79 Å². The quantitative estimate of drug-likeness (QED) is 0.758. The van der Waals surface area contributed by atoms with Gasteiger partial charge in [-0.1, -0.05) is 26.7 Å². The van der Waals surface area contributed by atoms with Gasteiger partial charge in [0, 0.05) is 13.1 Å². The van der Waals surface area contributed by atoms with Gasteiger partial charge >= 0.3 is 5.97 Å². The van der Waals surface area contributed by atoms with Crippen LogP contribution in [0.1, 0.15) is 46.0 Å². The molecule has 0 heterocycles. The molecular weight excluding hydrogens is 202 g/mol. The molecule has 16 heavy (non-hydrogen) atoms. The van der Waals surface area contributed by atoms with Crippen molar-refractivity contribution < 1.29 is 9.90 Å². The number of rotatable bonds is 6. The van der Waals surface area contributed by atoms with E-state index in [1.807, 2.05) is 0 Å². The van der Waals surface area contributed by atoms with Gasteiger partial charge in [0.25, 0.3) is 0 Å². The van der Waals surface area contributed by atoms with Gasteiger partial charge in [-0.15, -0.1) is 0 Å². The summed E-state index contributed by atoms with van der Waals surface area (Å²) in [5.41, 5.74) is 0. The first-order valence-electron chi connectivity index (χ1n) is 6.56. The Hall–Kier alpha value is -0.570. The Bertz CT molecular complexity index is 218. The summed E-state index contributed by atoms with van der Waals surface area (Å²) in [5.74, 6) is 0.963. The second-order valence-corrected chi connectivity index (χ2v) is 5.17. The molecule has 0 saturated heterocycles. The van der Waals surface area contributed by atoms with Crippen LogP contribution < -0.4 is 0 Å². The maximum atomic E-state index is 10.5. The highest BCUT2D eigenvalue weighted by Crippen LogP contribution is 2.29. The third-order valence-electron chi connectivity index (χ3n) is 3.65. The normalized spacial score (nSPS) is 25.9. The first kappa shape index (κ1) is 13.5. The summed E-state index contributed by atoms with van der Waals surface area (Å²) >= 11 is 0. The summed E-state index contributed by atoms with van der Waals surface area (Å²) in [6.07, 6.45) is 5.65. The van der Waals surface area contributed by atoms with Gasteiger partial charge < -0.3 is 10.0 Å². The Morgan fingerprint density at radius 3 is 2.75 bits per heavy atom. The number of carboxylic acids is 1. The van der Waals surface area contributed by atoms with Crippen LogP contribution >= 0.6 is 0 Å². The van der Waals surface area contributed by atoms with Gasteiger partial charge in [-0.2, -0.15) is 0 Å². The zero-order valence-corrected chi connectivity index (χ0v) is 10.6. The van der Waals surface area contributed by atoms with Crippen LogP contribution in [0.25, 0.3) is 0 Å². The van der Waals surface area contributed by atoms with Crippen molar-refractivity contribution >= 4 is 5.97 Å². The maximum absolute atomic E-state index is 10.5. The van der Waals surface area contributed by atoms with Crippen LogP contribution in [-0.2, 0) is 4.79 Å². The molecule has 1 rings (SSSR count). The highest BCUT2D eigenvalue weighted by Gasteiger charge is 2.20. The number of carbonyl (C=O) groups is 1. The van der Waals surface area contributed by atoms with Crippen molar-refractivity contribution in [2.45, 2.75) is 46.0 Å². The van der Waals surface area contributed by atoms with Gasteiger partial charge in [0.05, 0.1) is 6.42 Å². The molecule has 1 saturated carbocycles. The molecule has 1 N–H and O–H groups in total. The number of hydrogen-bond acceptors (Lipinski definition) is 2. The molecule has 1 fully saturated rings. The Morgan fingerprint density at radius 1 is 1.44 bits per heavy atom. The lowest BCUT2D eigenvalue weighted by Crippen LogP contribution is -2.33. The third-order valence-corrected chi connectivity index (χ3v) is 3.65. The lowest BCUT2D eigenvalue weighted by molar-refractivity contribution is -0.137. The number of aliphatic carboxylic acids is 1. The molecule has 0 radical (unpaired) electrons. The standard InChI is InChI=1S/C13H25NO2/c1-3-14(8-7-13(15)16)10-12-6-4-5-11(2)9-12/h11-12H,3-10H2,1-2H3,(H,15,16). The highest BCUT2D eigenvalue weighted by molar-refractivity contribution is 5.66. The first-order valence-corrected chi connectivity index (χ1v) is 6.56. The van der Waals surface area contributed by atoms with Crippen LogP contribution in [0.5, 0.6) is 0 Å². The summed E-state index contributed by atoms with van der Waals surface area (Å²) < 4.78 is 0. The van der Waals surface area contributed by atoms with Crippen LogP contribution in [-0.4, -0.2) is 35.6 Å². The molecule has 0 spiro atoms. The molecule has 3 heteroatoms. The molecule has 0 aromatic carbocycles. The molecule has 0 aromatic rings. The maximum Gasteiger partial charge on any atom is 0.304 e. The van der Waals surface area contributed by atoms with Crippen molar-refractivity contribution in [2.24, 2.45) is 11.8 Å². The van der Waals surface area contributed by atoms with Crippen molar-refractivity contribution in [3.8, 4) is 0 Å². The van der Waals surface area contributed by atoms with Crippen LogP contribution in [0.15, 0.2) is 0 Å². The van der Waals surface area contributed by atoms with E-state index < -0.39 is 5.97 Å². The van der Waals surface area contributed by atoms with Gasteiger partial charge in [-0.25, -0.2) is 0 Å². The summed E-state index contributed by atoms with van der Waals surface area (Å²) in [4.78, 5) is 12.8. The van der Waals surface area contributed by atoms with E-state index in [-0.39, 0.29) is 6.42 Å². The lowest BCUT2D eigenvalue weighted by atomic mass is 9.82. The van der Waals surface area contributed by atoms with Gasteiger partial charge in [-0.05, 0) is 31.2 Å². The fourth-order valence-corrected chi connectivity index (χ4v) is 2.72. The minimum atomic E-state index is -0.685. The molecule has 94 valence electrons. The number of hydrogen-bond donors (Lipinski definition) is 1. The third kappa shape index (κ3) is 4.97. The topological polar surface area (TPSA) is 40.5 Å². The average Bonchev–Trinajstić information content (AvgIpc) is 2.24. The van der Waals surface area contributed by atoms with Crippen molar-refractivity contribution in [1.29, 1.82) is 0 Å². The fourth-order valence-electron chi connectivity index (χ4n) is 2.72. The van der Waals surface area contributed by atoms with E-state index in [2.05, 4.69) is 18.7 Å². The monoisotopic (exact) mass is 227 g/mol. The van der Waals surface area contributed by atoms with Crippen molar-refractivity contribution in [1.82, 2.24) is 4.90 Å². The summed E-state index contributed by atoms with van der Waals surface area (Å²) in [5, 5.41) is 8.68. The van der Waals surface area contributed by atoms with E-state index in [1.54, 1.807) is 0 Å². The van der Waals surface area contributed by atoms with Gasteiger partial charge in [0.1, 0.15) is 0 Å². The van der Waals surface area contributed by atoms with E-state index in [0.717, 1.165) is 24.9 Å². The van der Waals surface area contributed by atoms with Gasteiger partial charge in [-0.3, -0.25) is 4.79 Å². The molecular formula is C13H25NO2. The first-order chi connectivity index (χ1) is 7.61. The van der Waals surface area contributed by atoms with Crippen LogP contribution in [0.4, 0.5) is 0 Å². The Labute approximate surface area is 98.8 Å². The van der Waals surface area contributed by atoms with Gasteiger partial charge in [0.15, 0.2) is 0 Å². The molecule has 0 aromatic heterocycles. The largest absolute Gasteiger partial charge is 0.481 e. The van der Waals surface area contributed by atoms with E-state index in [4.69, 9.17) is 5.11 Å². The SMILES string of the molecule is CCN(CCC(=O)O)CC1CCCC(C)C1. The highest BCUT2D eigenvalue weighted by atomic mass is 16.4. The van der Waals surface area contributed by atoms with E-state index in [1.165, 1.54) is 25.7 Å². The van der Waals surface area contributed by atoms with Crippen LogP contribution in [0, 0.1) is 11.8 Å². The molecule has 0 aliphatic heterocycles. The molecule has 1 aliphatic carbocycles. The second kappa shape index (κ2) is 6.89. The summed E-state index contributed by atoms with van der Waals surface area (Å²) in [7, 11) is 0. The van der Waals surface area contributed by atoms with Crippen molar-refractivity contribution in [3.63, 3.8) is 0 Å². The zero-order chi connectivity index (χ0) is 12.0. The Kier molecular flexibility index (Phi) is 5.81. The Balaban J connectivity index is 2.28.